The minimum atomic E-state index is 0. The largest absolute Gasteiger partial charge is 0.380 e. The lowest BCUT2D eigenvalue weighted by Crippen LogP contribution is -2.26. The molecule has 0 heterocycles. The Morgan fingerprint density at radius 1 is 0.415 bits per heavy atom. The zero-order chi connectivity index (χ0) is 40.8. The second-order valence-electron chi connectivity index (χ2n) is 11.8. The predicted octanol–water partition coefficient (Wildman–Crippen LogP) is 6.43. The molecule has 0 aromatic heterocycles. The van der Waals surface area contributed by atoms with Crippen molar-refractivity contribution in [3.8, 4) is 0 Å². The zero-order valence-corrected chi connectivity index (χ0v) is 34.7. The summed E-state index contributed by atoms with van der Waals surface area (Å²) in [5.41, 5.74) is 0. The summed E-state index contributed by atoms with van der Waals surface area (Å²) in [6.07, 6.45) is 10.4. The first-order valence-corrected chi connectivity index (χ1v) is 19.4. The van der Waals surface area contributed by atoms with Crippen LogP contribution in [0.2, 0.25) is 0 Å². The Kier molecular flexibility index (Phi) is 62.0. The van der Waals surface area contributed by atoms with Gasteiger partial charge in [-0.3, -0.25) is 28.8 Å². The standard InChI is InChI=1S/C11H18O3.C8H17NO2.C7H15NO2.C7H15NO.C6H13NO.CH4/c1-3-10(13)5-4-6-11(14)8-7-9(2)12;1-3-6-11-7-5-9-8(10)4-2;1-3-5-10-6-4-8-7(2)9;1-3-5-6-8-7(9)4-2;1-3-4-5-7-6(2)8;/h3-8H2,1-2H3;3-7H2,1-2H3,(H,9,10);3-6H2,1-2H3,(H,8,9);3-6H2,1-2H3,(H,8,9);3-5H2,1-2H3,(H,7,8);1H4. The van der Waals surface area contributed by atoms with Gasteiger partial charge in [0.1, 0.15) is 17.3 Å². The van der Waals surface area contributed by atoms with Crippen LogP contribution in [-0.4, -0.2) is 93.6 Å². The molecule has 0 aromatic carbocycles. The molecule has 0 saturated heterocycles. The van der Waals surface area contributed by atoms with Crippen molar-refractivity contribution in [3.05, 3.63) is 0 Å². The van der Waals surface area contributed by atoms with Gasteiger partial charge in [-0.25, -0.2) is 0 Å². The average molecular weight is 763 g/mol. The van der Waals surface area contributed by atoms with Crippen LogP contribution < -0.4 is 21.3 Å². The van der Waals surface area contributed by atoms with E-state index in [2.05, 4.69) is 49.0 Å². The van der Waals surface area contributed by atoms with Crippen LogP contribution in [0, 0.1) is 0 Å². The summed E-state index contributed by atoms with van der Waals surface area (Å²) < 4.78 is 10.3. The molecule has 0 unspecified atom stereocenters. The highest BCUT2D eigenvalue weighted by atomic mass is 16.5. The average Bonchev–Trinajstić information content (AvgIpc) is 3.11. The number of unbranched alkanes of at least 4 members (excludes halogenated alkanes) is 2. The van der Waals surface area contributed by atoms with E-state index in [1.165, 1.54) is 20.8 Å². The zero-order valence-electron chi connectivity index (χ0n) is 34.7. The summed E-state index contributed by atoms with van der Waals surface area (Å²) in [6.45, 7) is 24.1. The minimum absolute atomic E-state index is 0. The van der Waals surface area contributed by atoms with Gasteiger partial charge in [0.05, 0.1) is 13.2 Å². The van der Waals surface area contributed by atoms with E-state index in [0.29, 0.717) is 77.7 Å². The summed E-state index contributed by atoms with van der Waals surface area (Å²) in [6, 6.07) is 0. The molecule has 13 heteroatoms. The number of rotatable bonds is 26. The normalized spacial score (nSPS) is 9.25. The molecule has 13 nitrogen and oxygen atoms in total. The van der Waals surface area contributed by atoms with Crippen LogP contribution in [-0.2, 0) is 43.0 Å². The van der Waals surface area contributed by atoms with Gasteiger partial charge in [-0.15, -0.1) is 0 Å². The van der Waals surface area contributed by atoms with Gasteiger partial charge in [0.25, 0.3) is 0 Å². The van der Waals surface area contributed by atoms with Gasteiger partial charge >= 0.3 is 0 Å². The highest BCUT2D eigenvalue weighted by molar-refractivity contribution is 5.85. The number of nitrogens with one attached hydrogen (secondary N) is 4. The van der Waals surface area contributed by atoms with Crippen molar-refractivity contribution in [1.29, 1.82) is 0 Å². The number of Topliss-reactive ketones (excluding diaryl/α,β-unsaturated/α-hetero) is 3. The van der Waals surface area contributed by atoms with Crippen molar-refractivity contribution < 1.29 is 43.0 Å². The molecule has 316 valence electrons. The highest BCUT2D eigenvalue weighted by Gasteiger charge is 2.05. The van der Waals surface area contributed by atoms with E-state index in [1.807, 2.05) is 20.8 Å². The molecular weight excluding hydrogens is 680 g/mol. The monoisotopic (exact) mass is 763 g/mol. The number of ether oxygens (including phenoxy) is 2. The molecule has 0 saturated carbocycles. The summed E-state index contributed by atoms with van der Waals surface area (Å²) >= 11 is 0. The van der Waals surface area contributed by atoms with E-state index in [1.54, 1.807) is 0 Å². The summed E-state index contributed by atoms with van der Waals surface area (Å²) in [7, 11) is 0. The number of hydrogen-bond acceptors (Lipinski definition) is 9. The molecule has 0 aromatic rings. The van der Waals surface area contributed by atoms with Crippen LogP contribution in [0.5, 0.6) is 0 Å². The van der Waals surface area contributed by atoms with Crippen LogP contribution >= 0.6 is 0 Å². The highest BCUT2D eigenvalue weighted by Crippen LogP contribution is 2.03. The molecule has 0 fully saturated rings. The first kappa shape index (κ1) is 61.8. The molecule has 0 spiro atoms. The Morgan fingerprint density at radius 3 is 1.19 bits per heavy atom. The molecule has 0 rings (SSSR count). The molecular formula is C40H82N4O9. The number of carbonyl (C=O) groups is 7. The fraction of sp³-hybridized carbons (Fsp3) is 0.825. The smallest absolute Gasteiger partial charge is 0.219 e. The van der Waals surface area contributed by atoms with Gasteiger partial charge in [-0.2, -0.15) is 0 Å². The third-order valence-electron chi connectivity index (χ3n) is 6.35. The number of ketones is 3. The predicted molar refractivity (Wildman–Crippen MR) is 217 cm³/mol. The fourth-order valence-corrected chi connectivity index (χ4v) is 3.25. The first-order chi connectivity index (χ1) is 24.7. The molecule has 0 aliphatic carbocycles. The maximum absolute atomic E-state index is 11.2. The summed E-state index contributed by atoms with van der Waals surface area (Å²) in [5, 5.41) is 10.9. The second-order valence-corrected chi connectivity index (χ2v) is 11.8. The van der Waals surface area contributed by atoms with Gasteiger partial charge in [-0.1, -0.05) is 68.7 Å². The lowest BCUT2D eigenvalue weighted by Gasteiger charge is -2.03. The molecule has 4 N–H and O–H groups in total. The van der Waals surface area contributed by atoms with E-state index in [4.69, 9.17) is 9.47 Å². The summed E-state index contributed by atoms with van der Waals surface area (Å²) in [5.74, 6) is 0.642. The van der Waals surface area contributed by atoms with E-state index in [0.717, 1.165) is 64.8 Å². The lowest BCUT2D eigenvalue weighted by molar-refractivity contribution is -0.123. The van der Waals surface area contributed by atoms with Gasteiger partial charge in [0.2, 0.25) is 23.6 Å². The number of amides is 4. The van der Waals surface area contributed by atoms with Gasteiger partial charge < -0.3 is 35.5 Å². The topological polar surface area (TPSA) is 186 Å². The van der Waals surface area contributed by atoms with E-state index in [9.17, 15) is 33.6 Å². The molecule has 53 heavy (non-hydrogen) atoms. The molecule has 0 aliphatic heterocycles. The summed E-state index contributed by atoms with van der Waals surface area (Å²) in [4.78, 5) is 74.4. The quantitative estimate of drug-likeness (QED) is 0.0721. The van der Waals surface area contributed by atoms with E-state index in [-0.39, 0.29) is 48.4 Å². The van der Waals surface area contributed by atoms with Crippen LogP contribution in [0.3, 0.4) is 0 Å². The Morgan fingerprint density at radius 2 is 0.811 bits per heavy atom. The van der Waals surface area contributed by atoms with Crippen molar-refractivity contribution in [1.82, 2.24) is 21.3 Å². The fourth-order valence-electron chi connectivity index (χ4n) is 3.25. The third-order valence-corrected chi connectivity index (χ3v) is 6.35. The van der Waals surface area contributed by atoms with Crippen LogP contribution in [0.4, 0.5) is 0 Å². The maximum Gasteiger partial charge on any atom is 0.219 e. The van der Waals surface area contributed by atoms with Crippen molar-refractivity contribution in [2.75, 3.05) is 52.6 Å². The van der Waals surface area contributed by atoms with E-state index < -0.39 is 0 Å². The Balaban J connectivity index is -0.000000131. The minimum Gasteiger partial charge on any atom is -0.380 e. The molecule has 4 amide bonds. The number of carbonyl (C=O) groups excluding carboxylic acids is 7. The van der Waals surface area contributed by atoms with E-state index >= 15 is 0 Å². The number of hydrogen-bond donors (Lipinski definition) is 4. The molecule has 0 radical (unpaired) electrons. The van der Waals surface area contributed by atoms with Gasteiger partial charge in [-0.05, 0) is 39.0 Å². The van der Waals surface area contributed by atoms with Crippen LogP contribution in [0.1, 0.15) is 167 Å². The SMILES string of the molecule is C.CCC(=O)CCCC(=O)CCC(C)=O.CCCCNC(=O)CC.CCCCNC(C)=O.CCCOCCNC(=O)CC.CCCOCCNC(C)=O. The van der Waals surface area contributed by atoms with Crippen molar-refractivity contribution in [2.24, 2.45) is 0 Å². The maximum atomic E-state index is 11.2. The van der Waals surface area contributed by atoms with Crippen LogP contribution in [0.25, 0.3) is 0 Å². The molecule has 0 atom stereocenters. The Bertz CT molecular complexity index is 884. The van der Waals surface area contributed by atoms with Crippen LogP contribution in [0.15, 0.2) is 0 Å². The third kappa shape index (κ3) is 74.8. The first-order valence-electron chi connectivity index (χ1n) is 19.4. The van der Waals surface area contributed by atoms with Crippen molar-refractivity contribution >= 4 is 41.0 Å². The molecule has 0 bridgehead atoms. The van der Waals surface area contributed by atoms with Crippen molar-refractivity contribution in [2.45, 2.75) is 167 Å². The Labute approximate surface area is 324 Å². The second kappa shape index (κ2) is 53.2. The van der Waals surface area contributed by atoms with Crippen molar-refractivity contribution in [3.63, 3.8) is 0 Å². The Hall–Kier alpha value is -3.19. The molecule has 0 aliphatic rings. The lowest BCUT2D eigenvalue weighted by atomic mass is 10.1. The van der Waals surface area contributed by atoms with Gasteiger partial charge in [0, 0.05) is 98.2 Å². The van der Waals surface area contributed by atoms with Gasteiger partial charge in [0.15, 0.2) is 0 Å².